The second-order valence-corrected chi connectivity index (χ2v) is 6.84. The van der Waals surface area contributed by atoms with Crippen LogP contribution in [-0.2, 0) is 4.79 Å². The molecular formula is C21H22N4O3. The van der Waals surface area contributed by atoms with Gasteiger partial charge in [-0.05, 0) is 37.1 Å². The smallest absolute Gasteiger partial charge is 0.298 e. The summed E-state index contributed by atoms with van der Waals surface area (Å²) in [6.07, 6.45) is 1.40. The van der Waals surface area contributed by atoms with Crippen LogP contribution < -0.4 is 15.5 Å². The van der Waals surface area contributed by atoms with Crippen molar-refractivity contribution in [3.8, 4) is 0 Å². The van der Waals surface area contributed by atoms with E-state index < -0.39 is 0 Å². The highest BCUT2D eigenvalue weighted by Gasteiger charge is 2.28. The number of anilines is 2. The van der Waals surface area contributed by atoms with Crippen molar-refractivity contribution in [2.75, 3.05) is 30.4 Å². The molecule has 1 aliphatic heterocycles. The number of para-hydroxylation sites is 3. The van der Waals surface area contributed by atoms with Crippen molar-refractivity contribution in [2.45, 2.75) is 12.8 Å². The summed E-state index contributed by atoms with van der Waals surface area (Å²) < 4.78 is 5.82. The van der Waals surface area contributed by atoms with Crippen LogP contribution in [0.5, 0.6) is 0 Å². The van der Waals surface area contributed by atoms with Crippen LogP contribution in [0.4, 0.5) is 11.7 Å². The van der Waals surface area contributed by atoms with Gasteiger partial charge >= 0.3 is 0 Å². The normalized spacial score (nSPS) is 14.8. The van der Waals surface area contributed by atoms with E-state index in [0.717, 1.165) is 11.1 Å². The summed E-state index contributed by atoms with van der Waals surface area (Å²) in [6, 6.07) is 15.3. The molecule has 2 amide bonds. The zero-order valence-corrected chi connectivity index (χ0v) is 15.6. The predicted octanol–water partition coefficient (Wildman–Crippen LogP) is 3.04. The number of rotatable bonds is 4. The number of piperidine rings is 1. The van der Waals surface area contributed by atoms with Crippen LogP contribution in [0.3, 0.4) is 0 Å². The molecule has 0 radical (unpaired) electrons. The van der Waals surface area contributed by atoms with E-state index in [4.69, 9.17) is 4.42 Å². The first-order valence-corrected chi connectivity index (χ1v) is 9.38. The van der Waals surface area contributed by atoms with Crippen molar-refractivity contribution >= 4 is 34.6 Å². The van der Waals surface area contributed by atoms with Gasteiger partial charge < -0.3 is 20.0 Å². The Kier molecular flexibility index (Phi) is 4.97. The molecule has 1 fully saturated rings. The van der Waals surface area contributed by atoms with Crippen molar-refractivity contribution in [3.63, 3.8) is 0 Å². The minimum absolute atomic E-state index is 0.0615. The van der Waals surface area contributed by atoms with Crippen LogP contribution in [0.15, 0.2) is 52.9 Å². The highest BCUT2D eigenvalue weighted by Crippen LogP contribution is 2.27. The number of amides is 2. The topological polar surface area (TPSA) is 87.5 Å². The Morgan fingerprint density at radius 1 is 1.07 bits per heavy atom. The number of benzene rings is 2. The third kappa shape index (κ3) is 3.55. The van der Waals surface area contributed by atoms with Gasteiger partial charge in [0.05, 0.1) is 11.3 Å². The lowest BCUT2D eigenvalue weighted by Gasteiger charge is -2.30. The fourth-order valence-electron chi connectivity index (χ4n) is 3.49. The summed E-state index contributed by atoms with van der Waals surface area (Å²) in [5.41, 5.74) is 2.60. The number of aromatic nitrogens is 1. The molecule has 2 N–H and O–H groups in total. The zero-order valence-electron chi connectivity index (χ0n) is 15.6. The molecule has 0 bridgehead atoms. The van der Waals surface area contributed by atoms with Gasteiger partial charge in [0.2, 0.25) is 5.91 Å². The van der Waals surface area contributed by atoms with Crippen LogP contribution in [0, 0.1) is 5.92 Å². The van der Waals surface area contributed by atoms with E-state index in [2.05, 4.69) is 20.5 Å². The molecule has 2 aromatic carbocycles. The molecule has 0 atom stereocenters. The molecule has 2 heterocycles. The molecule has 1 saturated heterocycles. The van der Waals surface area contributed by atoms with Crippen molar-refractivity contribution < 1.29 is 14.0 Å². The van der Waals surface area contributed by atoms with Gasteiger partial charge in [-0.25, -0.2) is 0 Å². The largest absolute Gasteiger partial charge is 0.423 e. The van der Waals surface area contributed by atoms with E-state index in [0.29, 0.717) is 43.2 Å². The number of hydrogen-bond acceptors (Lipinski definition) is 5. The van der Waals surface area contributed by atoms with E-state index in [1.807, 2.05) is 24.3 Å². The Morgan fingerprint density at radius 2 is 1.79 bits per heavy atom. The minimum Gasteiger partial charge on any atom is -0.423 e. The maximum atomic E-state index is 12.7. The zero-order chi connectivity index (χ0) is 19.5. The molecule has 0 aliphatic carbocycles. The fourth-order valence-corrected chi connectivity index (χ4v) is 3.49. The number of nitrogens with one attached hydrogen (secondary N) is 2. The predicted molar refractivity (Wildman–Crippen MR) is 107 cm³/mol. The second kappa shape index (κ2) is 7.72. The molecule has 7 nitrogen and oxygen atoms in total. The van der Waals surface area contributed by atoms with Crippen molar-refractivity contribution in [1.29, 1.82) is 0 Å². The number of nitrogens with zero attached hydrogens (tertiary/aromatic N) is 2. The fraction of sp³-hybridized carbons (Fsp3) is 0.286. The Bertz CT molecular complexity index is 973. The molecule has 3 aromatic rings. The number of hydrogen-bond donors (Lipinski definition) is 2. The Morgan fingerprint density at radius 3 is 2.54 bits per heavy atom. The molecule has 7 heteroatoms. The third-order valence-corrected chi connectivity index (χ3v) is 5.08. The van der Waals surface area contributed by atoms with E-state index in [-0.39, 0.29) is 17.7 Å². The standard InChI is InChI=1S/C21H22N4O3/c1-22-20(27)15-6-2-3-7-16(15)23-19(26)14-10-12-25(13-11-14)21-24-17-8-4-5-9-18(17)28-21/h2-9,14H,10-13H2,1H3,(H,22,27)(H,23,26). The average molecular weight is 378 g/mol. The molecule has 144 valence electrons. The SMILES string of the molecule is CNC(=O)c1ccccc1NC(=O)C1CCN(c2nc3ccccc3o2)CC1. The van der Waals surface area contributed by atoms with Crippen LogP contribution in [-0.4, -0.2) is 36.9 Å². The lowest BCUT2D eigenvalue weighted by molar-refractivity contribution is -0.120. The van der Waals surface area contributed by atoms with Gasteiger partial charge in [-0.2, -0.15) is 4.98 Å². The lowest BCUT2D eigenvalue weighted by Crippen LogP contribution is -2.38. The Labute approximate surface area is 162 Å². The minimum atomic E-state index is -0.221. The van der Waals surface area contributed by atoms with Crippen LogP contribution >= 0.6 is 0 Å². The second-order valence-electron chi connectivity index (χ2n) is 6.84. The number of carbonyl (C=O) groups excluding carboxylic acids is 2. The van der Waals surface area contributed by atoms with E-state index in [1.165, 1.54) is 0 Å². The molecule has 1 aromatic heterocycles. The molecule has 4 rings (SSSR count). The van der Waals surface area contributed by atoms with E-state index in [1.54, 1.807) is 31.3 Å². The van der Waals surface area contributed by atoms with Crippen LogP contribution in [0.25, 0.3) is 11.1 Å². The van der Waals surface area contributed by atoms with Gasteiger partial charge in [0.25, 0.3) is 11.9 Å². The number of oxazole rings is 1. The summed E-state index contributed by atoms with van der Waals surface area (Å²) >= 11 is 0. The van der Waals surface area contributed by atoms with E-state index >= 15 is 0 Å². The number of fused-ring (bicyclic) bond motifs is 1. The Balaban J connectivity index is 1.40. The lowest BCUT2D eigenvalue weighted by atomic mass is 9.96. The molecule has 0 unspecified atom stereocenters. The van der Waals surface area contributed by atoms with Gasteiger partial charge in [-0.1, -0.05) is 24.3 Å². The molecule has 1 aliphatic rings. The number of carbonyl (C=O) groups is 2. The first-order chi connectivity index (χ1) is 13.7. The van der Waals surface area contributed by atoms with Crippen LogP contribution in [0.2, 0.25) is 0 Å². The van der Waals surface area contributed by atoms with Gasteiger partial charge in [0.1, 0.15) is 5.52 Å². The van der Waals surface area contributed by atoms with Gasteiger partial charge in [0, 0.05) is 26.1 Å². The summed E-state index contributed by atoms with van der Waals surface area (Å²) in [5.74, 6) is -0.395. The van der Waals surface area contributed by atoms with Crippen molar-refractivity contribution in [3.05, 3.63) is 54.1 Å². The summed E-state index contributed by atoms with van der Waals surface area (Å²) in [5, 5.41) is 5.51. The highest BCUT2D eigenvalue weighted by atomic mass is 16.4. The Hall–Kier alpha value is -3.35. The summed E-state index contributed by atoms with van der Waals surface area (Å²) in [4.78, 5) is 31.3. The average Bonchev–Trinajstić information content (AvgIpc) is 3.18. The molecule has 28 heavy (non-hydrogen) atoms. The quantitative estimate of drug-likeness (QED) is 0.729. The summed E-state index contributed by atoms with van der Waals surface area (Å²) in [7, 11) is 1.57. The molecular weight excluding hydrogens is 356 g/mol. The van der Waals surface area contributed by atoms with Gasteiger partial charge in [-0.15, -0.1) is 0 Å². The van der Waals surface area contributed by atoms with E-state index in [9.17, 15) is 9.59 Å². The molecule has 0 saturated carbocycles. The van der Waals surface area contributed by atoms with Gasteiger partial charge in [-0.3, -0.25) is 9.59 Å². The monoisotopic (exact) mass is 378 g/mol. The van der Waals surface area contributed by atoms with Crippen LogP contribution in [0.1, 0.15) is 23.2 Å². The maximum Gasteiger partial charge on any atom is 0.298 e. The van der Waals surface area contributed by atoms with Crippen molar-refractivity contribution in [1.82, 2.24) is 10.3 Å². The highest BCUT2D eigenvalue weighted by molar-refractivity contribution is 6.04. The van der Waals surface area contributed by atoms with Crippen molar-refractivity contribution in [2.24, 2.45) is 5.92 Å². The first-order valence-electron chi connectivity index (χ1n) is 9.38. The summed E-state index contributed by atoms with van der Waals surface area (Å²) in [6.45, 7) is 1.39. The first kappa shape index (κ1) is 18.0. The maximum absolute atomic E-state index is 12.7. The molecule has 0 spiro atoms. The van der Waals surface area contributed by atoms with Gasteiger partial charge in [0.15, 0.2) is 5.58 Å². The third-order valence-electron chi connectivity index (χ3n) is 5.08.